The van der Waals surface area contributed by atoms with Gasteiger partial charge in [0.05, 0.1) is 6.04 Å². The van der Waals surface area contributed by atoms with Crippen LogP contribution in [0.4, 0.5) is 0 Å². The van der Waals surface area contributed by atoms with Gasteiger partial charge in [0.2, 0.25) is 5.91 Å². The van der Waals surface area contributed by atoms with Crippen LogP contribution in [0.25, 0.3) is 0 Å². The maximum atomic E-state index is 12.3. The second-order valence-corrected chi connectivity index (χ2v) is 5.96. The Morgan fingerprint density at radius 2 is 2.06 bits per heavy atom. The molecule has 3 nitrogen and oxygen atoms in total. The van der Waals surface area contributed by atoms with Gasteiger partial charge in [0.15, 0.2) is 0 Å². The summed E-state index contributed by atoms with van der Waals surface area (Å²) in [6, 6.07) is 0.467. The molecule has 2 unspecified atom stereocenters. The van der Waals surface area contributed by atoms with Crippen molar-refractivity contribution in [2.75, 3.05) is 13.1 Å². The summed E-state index contributed by atoms with van der Waals surface area (Å²) in [6.07, 6.45) is 5.78. The van der Waals surface area contributed by atoms with E-state index in [1.54, 1.807) is 0 Å². The number of nitrogens with zero attached hydrogens (tertiary/aromatic N) is 1. The molecule has 0 aromatic carbocycles. The van der Waals surface area contributed by atoms with Gasteiger partial charge in [-0.3, -0.25) is 4.79 Å². The average molecular weight is 254 g/mol. The Labute approximate surface area is 112 Å². The third-order valence-electron chi connectivity index (χ3n) is 3.86. The fourth-order valence-electron chi connectivity index (χ4n) is 2.75. The molecule has 1 fully saturated rings. The van der Waals surface area contributed by atoms with Gasteiger partial charge in [-0.25, -0.2) is 0 Å². The van der Waals surface area contributed by atoms with E-state index in [9.17, 15) is 4.79 Å². The van der Waals surface area contributed by atoms with Gasteiger partial charge in [-0.2, -0.15) is 0 Å². The minimum absolute atomic E-state index is 0.0660. The van der Waals surface area contributed by atoms with Crippen LogP contribution in [0, 0.1) is 5.92 Å². The molecule has 0 saturated carbocycles. The van der Waals surface area contributed by atoms with Crippen LogP contribution in [0.5, 0.6) is 0 Å². The Hall–Kier alpha value is -0.570. The fraction of sp³-hybridized carbons (Fsp3) is 0.933. The Kier molecular flexibility index (Phi) is 6.69. The predicted octanol–water partition coefficient (Wildman–Crippen LogP) is 2.80. The Morgan fingerprint density at radius 3 is 2.67 bits per heavy atom. The minimum atomic E-state index is 0.0660. The highest BCUT2D eigenvalue weighted by atomic mass is 16.2. The number of carbonyl (C=O) groups is 1. The van der Waals surface area contributed by atoms with Crippen molar-refractivity contribution in [2.45, 2.75) is 71.9 Å². The molecule has 1 aliphatic heterocycles. The lowest BCUT2D eigenvalue weighted by molar-refractivity contribution is -0.138. The molecular weight excluding hydrogens is 224 g/mol. The zero-order valence-electron chi connectivity index (χ0n) is 12.5. The number of nitrogens with one attached hydrogen (secondary N) is 1. The van der Waals surface area contributed by atoms with Crippen molar-refractivity contribution in [3.63, 3.8) is 0 Å². The summed E-state index contributed by atoms with van der Waals surface area (Å²) in [4.78, 5) is 14.4. The summed E-state index contributed by atoms with van der Waals surface area (Å²) in [7, 11) is 0. The molecule has 2 atom stereocenters. The highest BCUT2D eigenvalue weighted by Gasteiger charge is 2.30. The SMILES string of the molecule is CCNC1CCCN(C(C)CCCC(C)C)C1=O. The van der Waals surface area contributed by atoms with Crippen molar-refractivity contribution >= 4 is 5.91 Å². The number of likely N-dealkylation sites (N-methyl/N-ethyl adjacent to an activating group) is 1. The number of carbonyl (C=O) groups excluding carboxylic acids is 1. The van der Waals surface area contributed by atoms with E-state index in [0.29, 0.717) is 11.9 Å². The third kappa shape index (κ3) is 4.60. The molecule has 1 N–H and O–H groups in total. The number of hydrogen-bond acceptors (Lipinski definition) is 2. The van der Waals surface area contributed by atoms with Gasteiger partial charge in [-0.05, 0) is 38.6 Å². The third-order valence-corrected chi connectivity index (χ3v) is 3.86. The molecule has 1 amide bonds. The molecule has 1 saturated heterocycles. The van der Waals surface area contributed by atoms with Crippen LogP contribution in [0.2, 0.25) is 0 Å². The molecule has 106 valence electrons. The summed E-state index contributed by atoms with van der Waals surface area (Å²) in [5, 5.41) is 3.30. The van der Waals surface area contributed by atoms with Gasteiger partial charge in [0, 0.05) is 12.6 Å². The van der Waals surface area contributed by atoms with E-state index in [1.165, 1.54) is 12.8 Å². The maximum absolute atomic E-state index is 12.3. The lowest BCUT2D eigenvalue weighted by atomic mass is 9.99. The standard InChI is InChI=1S/C15H30N2O/c1-5-16-14-10-7-11-17(15(14)18)13(4)9-6-8-12(2)3/h12-14,16H,5-11H2,1-4H3. The van der Waals surface area contributed by atoms with E-state index in [1.807, 2.05) is 0 Å². The second kappa shape index (κ2) is 7.78. The van der Waals surface area contributed by atoms with Gasteiger partial charge in [0.1, 0.15) is 0 Å². The Morgan fingerprint density at radius 1 is 1.33 bits per heavy atom. The molecule has 18 heavy (non-hydrogen) atoms. The monoisotopic (exact) mass is 254 g/mol. The lowest BCUT2D eigenvalue weighted by Gasteiger charge is -2.37. The molecule has 0 bridgehead atoms. The van der Waals surface area contributed by atoms with Gasteiger partial charge >= 0.3 is 0 Å². The van der Waals surface area contributed by atoms with Crippen LogP contribution in [-0.2, 0) is 4.79 Å². The Bertz CT molecular complexity index is 251. The zero-order chi connectivity index (χ0) is 13.5. The molecule has 0 aromatic heterocycles. The Balaban J connectivity index is 2.41. The predicted molar refractivity (Wildman–Crippen MR) is 76.6 cm³/mol. The van der Waals surface area contributed by atoms with Crippen LogP contribution in [0.15, 0.2) is 0 Å². The molecular formula is C15H30N2O. The topological polar surface area (TPSA) is 32.3 Å². The largest absolute Gasteiger partial charge is 0.339 e. The first-order chi connectivity index (χ1) is 8.56. The van der Waals surface area contributed by atoms with E-state index < -0.39 is 0 Å². The summed E-state index contributed by atoms with van der Waals surface area (Å²) < 4.78 is 0. The molecule has 3 heteroatoms. The first-order valence-corrected chi connectivity index (χ1v) is 7.60. The van der Waals surface area contributed by atoms with Crippen molar-refractivity contribution in [1.29, 1.82) is 0 Å². The summed E-state index contributed by atoms with van der Waals surface area (Å²) in [6.45, 7) is 10.6. The minimum Gasteiger partial charge on any atom is -0.339 e. The molecule has 1 aliphatic rings. The highest BCUT2D eigenvalue weighted by molar-refractivity contribution is 5.82. The molecule has 0 spiro atoms. The second-order valence-electron chi connectivity index (χ2n) is 5.96. The average Bonchev–Trinajstić information content (AvgIpc) is 2.31. The summed E-state index contributed by atoms with van der Waals surface area (Å²) >= 11 is 0. The van der Waals surface area contributed by atoms with E-state index in [2.05, 4.69) is 37.9 Å². The van der Waals surface area contributed by atoms with Crippen molar-refractivity contribution in [1.82, 2.24) is 10.2 Å². The first-order valence-electron chi connectivity index (χ1n) is 7.60. The van der Waals surface area contributed by atoms with Gasteiger partial charge in [-0.15, -0.1) is 0 Å². The van der Waals surface area contributed by atoms with E-state index >= 15 is 0 Å². The molecule has 0 aromatic rings. The van der Waals surface area contributed by atoms with Gasteiger partial charge in [-0.1, -0.05) is 33.6 Å². The lowest BCUT2D eigenvalue weighted by Crippen LogP contribution is -2.53. The number of rotatable bonds is 7. The summed E-state index contributed by atoms with van der Waals surface area (Å²) in [5.74, 6) is 1.09. The highest BCUT2D eigenvalue weighted by Crippen LogP contribution is 2.18. The molecule has 1 heterocycles. The zero-order valence-corrected chi connectivity index (χ0v) is 12.5. The van der Waals surface area contributed by atoms with Crippen molar-refractivity contribution in [2.24, 2.45) is 5.92 Å². The van der Waals surface area contributed by atoms with Crippen molar-refractivity contribution in [3.8, 4) is 0 Å². The normalized spacial score (nSPS) is 22.6. The molecule has 1 rings (SSSR count). The number of hydrogen-bond donors (Lipinski definition) is 1. The van der Waals surface area contributed by atoms with Crippen LogP contribution in [0.3, 0.4) is 0 Å². The van der Waals surface area contributed by atoms with Gasteiger partial charge in [0.25, 0.3) is 0 Å². The van der Waals surface area contributed by atoms with Crippen LogP contribution >= 0.6 is 0 Å². The molecule has 0 radical (unpaired) electrons. The molecule has 0 aliphatic carbocycles. The fourth-order valence-corrected chi connectivity index (χ4v) is 2.75. The maximum Gasteiger partial charge on any atom is 0.239 e. The smallest absolute Gasteiger partial charge is 0.239 e. The summed E-state index contributed by atoms with van der Waals surface area (Å²) in [5.41, 5.74) is 0. The van der Waals surface area contributed by atoms with Gasteiger partial charge < -0.3 is 10.2 Å². The number of likely N-dealkylation sites (tertiary alicyclic amines) is 1. The van der Waals surface area contributed by atoms with Crippen LogP contribution in [-0.4, -0.2) is 36.0 Å². The van der Waals surface area contributed by atoms with Crippen LogP contribution < -0.4 is 5.32 Å². The van der Waals surface area contributed by atoms with Crippen molar-refractivity contribution < 1.29 is 4.79 Å². The van der Waals surface area contributed by atoms with E-state index in [-0.39, 0.29) is 6.04 Å². The number of piperidine rings is 1. The van der Waals surface area contributed by atoms with E-state index in [4.69, 9.17) is 0 Å². The first kappa shape index (κ1) is 15.5. The quantitative estimate of drug-likeness (QED) is 0.757. The van der Waals surface area contributed by atoms with Crippen molar-refractivity contribution in [3.05, 3.63) is 0 Å². The van der Waals surface area contributed by atoms with Crippen LogP contribution in [0.1, 0.15) is 59.8 Å². The van der Waals surface area contributed by atoms with E-state index in [0.717, 1.165) is 38.3 Å². The number of amides is 1.